The molecule has 0 atom stereocenters. The molecule has 0 spiro atoms. The molecule has 1 aliphatic carbocycles. The number of likely N-dealkylation sites (tertiary alicyclic amines) is 1. The lowest BCUT2D eigenvalue weighted by Gasteiger charge is -2.35. The highest BCUT2D eigenvalue weighted by molar-refractivity contribution is 5.81. The van der Waals surface area contributed by atoms with Crippen molar-refractivity contribution in [2.75, 3.05) is 33.2 Å². The highest BCUT2D eigenvalue weighted by atomic mass is 16.2. The largest absolute Gasteiger partial charge is 0.352 e. The molecule has 0 bridgehead atoms. The fraction of sp³-hybridized carbons (Fsp3) is 0.882. The number of piperidine rings is 1. The van der Waals surface area contributed by atoms with Crippen molar-refractivity contribution >= 4 is 11.8 Å². The third-order valence-corrected chi connectivity index (χ3v) is 4.54. The van der Waals surface area contributed by atoms with Crippen molar-refractivity contribution in [1.29, 1.82) is 0 Å². The molecule has 1 saturated heterocycles. The van der Waals surface area contributed by atoms with Crippen molar-refractivity contribution in [1.82, 2.24) is 15.1 Å². The molecule has 22 heavy (non-hydrogen) atoms. The topological polar surface area (TPSA) is 52.6 Å². The molecule has 0 aromatic rings. The van der Waals surface area contributed by atoms with Crippen LogP contribution in [0, 0.1) is 11.3 Å². The summed E-state index contributed by atoms with van der Waals surface area (Å²) in [5, 5.41) is 3.04. The molecule has 1 N–H and O–H groups in total. The first-order valence-corrected chi connectivity index (χ1v) is 8.53. The van der Waals surface area contributed by atoms with E-state index in [4.69, 9.17) is 0 Å². The summed E-state index contributed by atoms with van der Waals surface area (Å²) in [6.45, 7) is 9.17. The Bertz CT molecular complexity index is 405. The maximum absolute atomic E-state index is 12.2. The van der Waals surface area contributed by atoms with Gasteiger partial charge in [0.05, 0.1) is 6.54 Å². The molecule has 1 heterocycles. The predicted molar refractivity (Wildman–Crippen MR) is 87.4 cm³/mol. The van der Waals surface area contributed by atoms with E-state index in [2.05, 4.69) is 10.2 Å². The van der Waals surface area contributed by atoms with E-state index in [1.807, 2.05) is 32.7 Å². The third-order valence-electron chi connectivity index (χ3n) is 4.54. The number of amides is 2. The van der Waals surface area contributed by atoms with Crippen molar-refractivity contribution in [2.24, 2.45) is 11.3 Å². The molecule has 1 saturated carbocycles. The summed E-state index contributed by atoms with van der Waals surface area (Å²) in [5.41, 5.74) is -0.309. The van der Waals surface area contributed by atoms with Crippen LogP contribution in [0.1, 0.15) is 46.5 Å². The van der Waals surface area contributed by atoms with Crippen molar-refractivity contribution in [3.8, 4) is 0 Å². The fourth-order valence-corrected chi connectivity index (χ4v) is 3.07. The van der Waals surface area contributed by atoms with Crippen LogP contribution in [-0.2, 0) is 9.59 Å². The predicted octanol–water partition coefficient (Wildman–Crippen LogP) is 1.48. The second kappa shape index (κ2) is 6.99. The summed E-state index contributed by atoms with van der Waals surface area (Å²) < 4.78 is 0. The van der Waals surface area contributed by atoms with Gasteiger partial charge >= 0.3 is 0 Å². The summed E-state index contributed by atoms with van der Waals surface area (Å²) in [7, 11) is 1.91. The smallest absolute Gasteiger partial charge is 0.234 e. The maximum atomic E-state index is 12.2. The summed E-state index contributed by atoms with van der Waals surface area (Å²) in [6.07, 6.45) is 4.42. The van der Waals surface area contributed by atoms with E-state index in [1.54, 1.807) is 0 Å². The maximum Gasteiger partial charge on any atom is 0.234 e. The average molecular weight is 309 g/mol. The number of hydrogen-bond donors (Lipinski definition) is 1. The van der Waals surface area contributed by atoms with Crippen LogP contribution in [0.2, 0.25) is 0 Å². The zero-order chi connectivity index (χ0) is 16.3. The highest BCUT2D eigenvalue weighted by Crippen LogP contribution is 2.22. The van der Waals surface area contributed by atoms with Crippen molar-refractivity contribution in [2.45, 2.75) is 52.5 Å². The van der Waals surface area contributed by atoms with Crippen LogP contribution in [0.15, 0.2) is 0 Å². The number of nitrogens with zero attached hydrogens (tertiary/aromatic N) is 2. The van der Waals surface area contributed by atoms with Gasteiger partial charge in [-0.25, -0.2) is 0 Å². The Kier molecular flexibility index (Phi) is 5.48. The second-order valence-electron chi connectivity index (χ2n) is 8.00. The van der Waals surface area contributed by atoms with E-state index in [0.29, 0.717) is 18.5 Å². The number of hydrogen-bond acceptors (Lipinski definition) is 3. The SMILES string of the molecule is CN(CC1CCN(CC(=O)NC2CC2)CC1)C(=O)C(C)(C)C. The number of carbonyl (C=O) groups is 2. The summed E-state index contributed by atoms with van der Waals surface area (Å²) in [6, 6.07) is 0.446. The minimum absolute atomic E-state index is 0.168. The Labute approximate surface area is 134 Å². The van der Waals surface area contributed by atoms with Gasteiger partial charge in [-0.05, 0) is 44.7 Å². The van der Waals surface area contributed by atoms with Gasteiger partial charge < -0.3 is 10.2 Å². The van der Waals surface area contributed by atoms with E-state index in [-0.39, 0.29) is 17.2 Å². The lowest BCUT2D eigenvalue weighted by molar-refractivity contribution is -0.138. The van der Waals surface area contributed by atoms with E-state index >= 15 is 0 Å². The normalized spacial score (nSPS) is 20.7. The lowest BCUT2D eigenvalue weighted by Crippen LogP contribution is -2.45. The van der Waals surface area contributed by atoms with Crippen LogP contribution in [0.25, 0.3) is 0 Å². The first-order chi connectivity index (χ1) is 10.3. The standard InChI is InChI=1S/C17H31N3O2/c1-17(2,3)16(22)19(4)11-13-7-9-20(10-8-13)12-15(21)18-14-5-6-14/h13-14H,5-12H2,1-4H3,(H,18,21). The number of nitrogens with one attached hydrogen (secondary N) is 1. The Hall–Kier alpha value is -1.10. The monoisotopic (exact) mass is 309 g/mol. The molecule has 0 radical (unpaired) electrons. The van der Waals surface area contributed by atoms with Gasteiger partial charge in [-0.2, -0.15) is 0 Å². The Morgan fingerprint density at radius 2 is 1.73 bits per heavy atom. The van der Waals surface area contributed by atoms with Crippen LogP contribution in [0.3, 0.4) is 0 Å². The molecule has 0 aromatic heterocycles. The summed E-state index contributed by atoms with van der Waals surface area (Å²) in [5.74, 6) is 0.929. The van der Waals surface area contributed by atoms with Crippen molar-refractivity contribution in [3.05, 3.63) is 0 Å². The molecule has 0 aromatic carbocycles. The quantitative estimate of drug-likeness (QED) is 0.837. The van der Waals surface area contributed by atoms with Gasteiger partial charge in [0.25, 0.3) is 0 Å². The van der Waals surface area contributed by atoms with E-state index < -0.39 is 0 Å². The molecular weight excluding hydrogens is 278 g/mol. The lowest BCUT2D eigenvalue weighted by atomic mass is 9.92. The fourth-order valence-electron chi connectivity index (χ4n) is 3.07. The van der Waals surface area contributed by atoms with Gasteiger partial charge in [-0.15, -0.1) is 0 Å². The highest BCUT2D eigenvalue weighted by Gasteiger charge is 2.29. The minimum atomic E-state index is -0.309. The molecule has 2 aliphatic rings. The number of carbonyl (C=O) groups excluding carboxylic acids is 2. The molecule has 2 amide bonds. The molecule has 5 heteroatoms. The van der Waals surface area contributed by atoms with E-state index in [1.165, 1.54) is 0 Å². The molecular formula is C17H31N3O2. The minimum Gasteiger partial charge on any atom is -0.352 e. The van der Waals surface area contributed by atoms with Crippen molar-refractivity contribution < 1.29 is 9.59 Å². The van der Waals surface area contributed by atoms with E-state index in [0.717, 1.165) is 45.3 Å². The summed E-state index contributed by atoms with van der Waals surface area (Å²) >= 11 is 0. The van der Waals surface area contributed by atoms with Gasteiger partial charge in [0.15, 0.2) is 0 Å². The first kappa shape index (κ1) is 17.3. The third kappa shape index (κ3) is 5.27. The molecule has 2 rings (SSSR count). The molecule has 2 fully saturated rings. The van der Waals surface area contributed by atoms with Crippen LogP contribution < -0.4 is 5.32 Å². The van der Waals surface area contributed by atoms with Crippen LogP contribution in [-0.4, -0.2) is 60.9 Å². The van der Waals surface area contributed by atoms with Crippen LogP contribution in [0.4, 0.5) is 0 Å². The first-order valence-electron chi connectivity index (χ1n) is 8.53. The van der Waals surface area contributed by atoms with Gasteiger partial charge in [0.2, 0.25) is 11.8 Å². The average Bonchev–Trinajstić information content (AvgIpc) is 3.22. The molecule has 5 nitrogen and oxygen atoms in total. The molecule has 1 aliphatic heterocycles. The van der Waals surface area contributed by atoms with Gasteiger partial charge in [0, 0.05) is 25.0 Å². The summed E-state index contributed by atoms with van der Waals surface area (Å²) in [4.78, 5) is 28.1. The van der Waals surface area contributed by atoms with Gasteiger partial charge in [-0.1, -0.05) is 20.8 Å². The Morgan fingerprint density at radius 3 is 2.23 bits per heavy atom. The van der Waals surface area contributed by atoms with Crippen LogP contribution >= 0.6 is 0 Å². The van der Waals surface area contributed by atoms with Gasteiger partial charge in [0.1, 0.15) is 0 Å². The number of rotatable bonds is 5. The van der Waals surface area contributed by atoms with Crippen LogP contribution in [0.5, 0.6) is 0 Å². The zero-order valence-electron chi connectivity index (χ0n) is 14.5. The van der Waals surface area contributed by atoms with Gasteiger partial charge in [-0.3, -0.25) is 14.5 Å². The Balaban J connectivity index is 1.68. The molecule has 126 valence electrons. The molecule has 0 unspecified atom stereocenters. The second-order valence-corrected chi connectivity index (χ2v) is 8.00. The van der Waals surface area contributed by atoms with E-state index in [9.17, 15) is 9.59 Å². The van der Waals surface area contributed by atoms with Crippen molar-refractivity contribution in [3.63, 3.8) is 0 Å². The zero-order valence-corrected chi connectivity index (χ0v) is 14.5. The Morgan fingerprint density at radius 1 is 1.14 bits per heavy atom.